The average Bonchev–Trinajstić information content (AvgIpc) is 2.72. The lowest BCUT2D eigenvalue weighted by atomic mass is 10.00. The molecule has 0 saturated heterocycles. The maximum Gasteiger partial charge on any atom is 0.328 e. The van der Waals surface area contributed by atoms with Gasteiger partial charge in [0.2, 0.25) is 5.95 Å². The molecule has 2 aromatic carbocycles. The molecule has 2 amide bonds. The molecule has 0 saturated carbocycles. The summed E-state index contributed by atoms with van der Waals surface area (Å²) in [6.45, 7) is 1.92. The molecule has 30 heavy (non-hydrogen) atoms. The van der Waals surface area contributed by atoms with Gasteiger partial charge in [0.15, 0.2) is 5.82 Å². The Morgan fingerprint density at radius 1 is 1.20 bits per heavy atom. The van der Waals surface area contributed by atoms with Crippen molar-refractivity contribution in [2.24, 2.45) is 0 Å². The second kappa shape index (κ2) is 8.03. The number of aliphatic hydroxyl groups excluding tert-OH is 1. The van der Waals surface area contributed by atoms with Gasteiger partial charge in [-0.15, -0.1) is 0 Å². The number of fused-ring (bicyclic) bond motifs is 1. The number of aromatic nitrogens is 2. The summed E-state index contributed by atoms with van der Waals surface area (Å²) < 4.78 is 28.2. The van der Waals surface area contributed by atoms with Gasteiger partial charge in [0, 0.05) is 17.7 Å². The van der Waals surface area contributed by atoms with Gasteiger partial charge in [-0.3, -0.25) is 0 Å². The van der Waals surface area contributed by atoms with Crippen molar-refractivity contribution in [3.8, 4) is 11.3 Å². The van der Waals surface area contributed by atoms with E-state index in [0.717, 1.165) is 4.90 Å². The highest BCUT2D eigenvalue weighted by molar-refractivity contribution is 6.02. The van der Waals surface area contributed by atoms with Crippen LogP contribution in [0.15, 0.2) is 42.5 Å². The van der Waals surface area contributed by atoms with Crippen LogP contribution in [0.4, 0.5) is 31.0 Å². The van der Waals surface area contributed by atoms with Crippen molar-refractivity contribution in [1.82, 2.24) is 15.3 Å². The summed E-state index contributed by atoms with van der Waals surface area (Å²) in [4.78, 5) is 22.8. The number of urea groups is 1. The fraction of sp³-hybridized carbons (Fsp3) is 0.190. The number of rotatable bonds is 5. The van der Waals surface area contributed by atoms with Crippen LogP contribution in [0.3, 0.4) is 0 Å². The van der Waals surface area contributed by atoms with Crippen molar-refractivity contribution in [2.45, 2.75) is 13.5 Å². The van der Waals surface area contributed by atoms with Crippen molar-refractivity contribution in [2.75, 3.05) is 23.4 Å². The Morgan fingerprint density at radius 2 is 2.00 bits per heavy atom. The minimum atomic E-state index is -0.580. The molecule has 1 aliphatic rings. The van der Waals surface area contributed by atoms with Crippen LogP contribution in [0.2, 0.25) is 0 Å². The quantitative estimate of drug-likeness (QED) is 0.598. The number of amides is 2. The van der Waals surface area contributed by atoms with Gasteiger partial charge in [-0.25, -0.2) is 23.5 Å². The van der Waals surface area contributed by atoms with Crippen molar-refractivity contribution in [3.05, 3.63) is 65.2 Å². The number of carbonyl (C=O) groups is 1. The number of nitrogens with zero attached hydrogens (tertiary/aromatic N) is 3. The van der Waals surface area contributed by atoms with Crippen LogP contribution in [0.5, 0.6) is 0 Å². The van der Waals surface area contributed by atoms with Crippen molar-refractivity contribution in [3.63, 3.8) is 0 Å². The molecule has 3 N–H and O–H groups in total. The number of para-hydroxylation sites is 1. The highest BCUT2D eigenvalue weighted by atomic mass is 19.1. The Kier molecular flexibility index (Phi) is 5.28. The molecule has 0 spiro atoms. The molecule has 1 aliphatic heterocycles. The molecule has 4 rings (SSSR count). The first kappa shape index (κ1) is 19.7. The third-order valence-corrected chi connectivity index (χ3v) is 4.75. The summed E-state index contributed by atoms with van der Waals surface area (Å²) in [6, 6.07) is 9.69. The van der Waals surface area contributed by atoms with Crippen molar-refractivity contribution >= 4 is 23.5 Å². The highest BCUT2D eigenvalue weighted by Crippen LogP contribution is 2.38. The van der Waals surface area contributed by atoms with E-state index in [-0.39, 0.29) is 43.0 Å². The Hall–Kier alpha value is -3.59. The molecule has 3 aromatic rings. The summed E-state index contributed by atoms with van der Waals surface area (Å²) >= 11 is 0. The first-order chi connectivity index (χ1) is 14.5. The number of benzene rings is 2. The van der Waals surface area contributed by atoms with E-state index >= 15 is 0 Å². The Morgan fingerprint density at radius 3 is 2.73 bits per heavy atom. The number of anilines is 3. The molecule has 0 aliphatic carbocycles. The Balaban J connectivity index is 1.95. The van der Waals surface area contributed by atoms with Crippen LogP contribution >= 0.6 is 0 Å². The Labute approximate surface area is 171 Å². The zero-order chi connectivity index (χ0) is 21.3. The molecule has 0 bridgehead atoms. The SMILES string of the molecule is Cc1cc(F)ccc1-c1nc(NCCO)nc2c1CNC(=O)N2c1ccccc1F. The first-order valence-electron chi connectivity index (χ1n) is 9.34. The standard InChI is InChI=1S/C21H19F2N5O2/c1-12-10-13(22)6-7-14(12)18-15-11-25-21(30)28(17-5-3-2-4-16(17)23)19(15)27-20(26-18)24-8-9-29/h2-7,10,29H,8-9,11H2,1H3,(H,25,30)(H,24,26,27). The van der Waals surface area contributed by atoms with E-state index in [9.17, 15) is 13.6 Å². The third kappa shape index (κ3) is 3.55. The topological polar surface area (TPSA) is 90.4 Å². The predicted octanol–water partition coefficient (Wildman–Crippen LogP) is 3.50. The average molecular weight is 411 g/mol. The molecular weight excluding hydrogens is 392 g/mol. The van der Waals surface area contributed by atoms with Gasteiger partial charge in [-0.2, -0.15) is 4.98 Å². The molecule has 7 nitrogen and oxygen atoms in total. The molecule has 0 atom stereocenters. The van der Waals surface area contributed by atoms with Crippen LogP contribution in [-0.2, 0) is 6.54 Å². The minimum absolute atomic E-state index is 0.0459. The second-order valence-corrected chi connectivity index (χ2v) is 6.75. The molecule has 0 unspecified atom stereocenters. The van der Waals surface area contributed by atoms with E-state index in [1.807, 2.05) is 0 Å². The molecule has 2 heterocycles. The first-order valence-corrected chi connectivity index (χ1v) is 9.34. The summed E-state index contributed by atoms with van der Waals surface area (Å²) in [5, 5.41) is 14.8. The zero-order valence-electron chi connectivity index (χ0n) is 16.1. The number of halogens is 2. The summed E-state index contributed by atoms with van der Waals surface area (Å²) in [5.74, 6) is -0.571. The fourth-order valence-corrected chi connectivity index (χ4v) is 3.38. The lowest BCUT2D eigenvalue weighted by molar-refractivity contribution is 0.246. The molecule has 1 aromatic heterocycles. The molecule has 9 heteroatoms. The summed E-state index contributed by atoms with van der Waals surface area (Å²) in [5.41, 5.74) is 2.41. The normalized spacial score (nSPS) is 13.1. The smallest absolute Gasteiger partial charge is 0.328 e. The monoisotopic (exact) mass is 411 g/mol. The van der Waals surface area contributed by atoms with Gasteiger partial charge in [-0.05, 0) is 42.8 Å². The molecule has 0 fully saturated rings. The maximum atomic E-state index is 14.5. The van der Waals surface area contributed by atoms with E-state index < -0.39 is 11.8 Å². The number of aryl methyl sites for hydroxylation is 1. The van der Waals surface area contributed by atoms with Gasteiger partial charge in [0.25, 0.3) is 0 Å². The molecular formula is C21H19F2N5O2. The summed E-state index contributed by atoms with van der Waals surface area (Å²) in [6.07, 6.45) is 0. The maximum absolute atomic E-state index is 14.5. The number of hydrogen-bond acceptors (Lipinski definition) is 5. The van der Waals surface area contributed by atoms with Gasteiger partial charge < -0.3 is 15.7 Å². The predicted molar refractivity (Wildman–Crippen MR) is 109 cm³/mol. The Bertz CT molecular complexity index is 1120. The summed E-state index contributed by atoms with van der Waals surface area (Å²) in [7, 11) is 0. The van der Waals surface area contributed by atoms with Gasteiger partial charge in [0.05, 0.1) is 24.5 Å². The van der Waals surface area contributed by atoms with E-state index in [2.05, 4.69) is 20.6 Å². The van der Waals surface area contributed by atoms with Crippen LogP contribution in [0, 0.1) is 18.6 Å². The van der Waals surface area contributed by atoms with Crippen LogP contribution in [-0.4, -0.2) is 34.3 Å². The number of nitrogens with one attached hydrogen (secondary N) is 2. The molecule has 0 radical (unpaired) electrons. The second-order valence-electron chi connectivity index (χ2n) is 6.75. The third-order valence-electron chi connectivity index (χ3n) is 4.75. The van der Waals surface area contributed by atoms with E-state index in [0.29, 0.717) is 22.4 Å². The van der Waals surface area contributed by atoms with Crippen LogP contribution in [0.1, 0.15) is 11.1 Å². The highest BCUT2D eigenvalue weighted by Gasteiger charge is 2.32. The number of aliphatic hydroxyl groups is 1. The number of hydrogen-bond donors (Lipinski definition) is 3. The lowest BCUT2D eigenvalue weighted by Gasteiger charge is -2.30. The van der Waals surface area contributed by atoms with E-state index in [1.54, 1.807) is 19.1 Å². The van der Waals surface area contributed by atoms with E-state index in [1.165, 1.54) is 30.3 Å². The van der Waals surface area contributed by atoms with Crippen molar-refractivity contribution < 1.29 is 18.7 Å². The van der Waals surface area contributed by atoms with E-state index in [4.69, 9.17) is 5.11 Å². The van der Waals surface area contributed by atoms with Gasteiger partial charge in [0.1, 0.15) is 11.6 Å². The van der Waals surface area contributed by atoms with Crippen LogP contribution in [0.25, 0.3) is 11.3 Å². The fourth-order valence-electron chi connectivity index (χ4n) is 3.38. The van der Waals surface area contributed by atoms with Gasteiger partial charge in [-0.1, -0.05) is 12.1 Å². The minimum Gasteiger partial charge on any atom is -0.395 e. The number of carbonyl (C=O) groups excluding carboxylic acids is 1. The van der Waals surface area contributed by atoms with Crippen molar-refractivity contribution in [1.29, 1.82) is 0 Å². The van der Waals surface area contributed by atoms with Gasteiger partial charge >= 0.3 is 6.03 Å². The van der Waals surface area contributed by atoms with Crippen LogP contribution < -0.4 is 15.5 Å². The molecule has 154 valence electrons. The largest absolute Gasteiger partial charge is 0.395 e. The lowest BCUT2D eigenvalue weighted by Crippen LogP contribution is -2.42. The zero-order valence-corrected chi connectivity index (χ0v) is 16.1.